The van der Waals surface area contributed by atoms with E-state index in [0.717, 1.165) is 70.6 Å². The van der Waals surface area contributed by atoms with E-state index >= 15 is 0 Å². The maximum absolute atomic E-state index is 13.1. The van der Waals surface area contributed by atoms with Gasteiger partial charge in [0.05, 0.1) is 26.4 Å². The normalized spacial score (nSPS) is 25.1. The summed E-state index contributed by atoms with van der Waals surface area (Å²) in [7, 11) is 0. The molecule has 434 valence electrons. The molecule has 0 aliphatic carbocycles. The summed E-state index contributed by atoms with van der Waals surface area (Å²) in [6.45, 7) is 3.47. The fourth-order valence-corrected chi connectivity index (χ4v) is 8.95. The van der Waals surface area contributed by atoms with Gasteiger partial charge in [-0.25, -0.2) is 0 Å². The Morgan fingerprint density at radius 2 is 0.867 bits per heavy atom. The van der Waals surface area contributed by atoms with E-state index < -0.39 is 86.7 Å². The fourth-order valence-electron chi connectivity index (χ4n) is 8.95. The zero-order chi connectivity index (χ0) is 54.4. The molecule has 2 fully saturated rings. The second-order valence-electron chi connectivity index (χ2n) is 20.4. The standard InChI is InChI=1S/C61H106O14/c1-3-5-7-9-11-13-15-17-19-21-23-24-25-26-27-28-30-32-34-36-38-40-42-44-53(63)73-50(47-70-45-43-41-39-37-35-33-31-29-22-20-18-16-14-12-10-8-6-4-2)48-71-60-59(69)57(67)55(65)52(75-60)49-72-61-58(68)56(66)54(64)51(46-62)74-61/h6,8,12,14,18,20-21,23,29,31,35,37,50-52,54-62,64-69H,3-5,7,9-11,13,15-17,19,22,24-28,30,32-34,36,38-49H2,1-2H3/b8-6-,14-12-,20-18-,23-21-,31-29-,37-35-. The van der Waals surface area contributed by atoms with Crippen LogP contribution in [0.4, 0.5) is 0 Å². The van der Waals surface area contributed by atoms with Gasteiger partial charge in [0.15, 0.2) is 12.6 Å². The van der Waals surface area contributed by atoms with Crippen LogP contribution in [0.1, 0.15) is 206 Å². The number of rotatable bonds is 47. The van der Waals surface area contributed by atoms with Crippen molar-refractivity contribution in [3.05, 3.63) is 72.9 Å². The van der Waals surface area contributed by atoms with Gasteiger partial charge in [-0.1, -0.05) is 189 Å². The van der Waals surface area contributed by atoms with E-state index in [1.165, 1.54) is 109 Å². The Balaban J connectivity index is 1.72. The van der Waals surface area contributed by atoms with Gasteiger partial charge >= 0.3 is 5.97 Å². The summed E-state index contributed by atoms with van der Waals surface area (Å²) in [4.78, 5) is 13.1. The van der Waals surface area contributed by atoms with Crippen molar-refractivity contribution in [1.29, 1.82) is 0 Å². The molecule has 75 heavy (non-hydrogen) atoms. The van der Waals surface area contributed by atoms with Crippen LogP contribution >= 0.6 is 0 Å². The first-order chi connectivity index (χ1) is 36.6. The first kappa shape index (κ1) is 68.5. The number of carbonyl (C=O) groups is 1. The molecule has 0 aromatic heterocycles. The molecular formula is C61H106O14. The number of esters is 1. The van der Waals surface area contributed by atoms with Crippen molar-refractivity contribution >= 4 is 5.97 Å². The van der Waals surface area contributed by atoms with Gasteiger partial charge in [-0.15, -0.1) is 0 Å². The molecule has 11 unspecified atom stereocenters. The molecule has 0 saturated carbocycles. The molecule has 14 heteroatoms. The summed E-state index contributed by atoms with van der Waals surface area (Å²) in [6, 6.07) is 0. The van der Waals surface area contributed by atoms with Gasteiger partial charge in [-0.2, -0.15) is 0 Å². The average molecular weight is 1060 g/mol. The molecule has 2 aliphatic rings. The smallest absolute Gasteiger partial charge is 0.306 e. The third-order valence-electron chi connectivity index (χ3n) is 13.7. The Hall–Kier alpha value is -2.57. The molecule has 11 atom stereocenters. The van der Waals surface area contributed by atoms with Gasteiger partial charge in [-0.3, -0.25) is 4.79 Å². The van der Waals surface area contributed by atoms with Crippen LogP contribution in [0.15, 0.2) is 72.9 Å². The SMILES string of the molecule is CC/C=C\C/C=C\C/C=C\C/C=C\C/C=C\CCCCOCC(COC1OC(COC2OC(CO)C(O)C(O)C2O)C(O)C(O)C1O)OC(=O)CCCCCCCCCCCCC/C=C\CCCCCCCCCC. The van der Waals surface area contributed by atoms with Crippen LogP contribution in [0.2, 0.25) is 0 Å². The lowest BCUT2D eigenvalue weighted by Crippen LogP contribution is -2.61. The largest absolute Gasteiger partial charge is 0.457 e. The first-order valence-electron chi connectivity index (χ1n) is 29.5. The van der Waals surface area contributed by atoms with Crippen LogP contribution in [-0.2, 0) is 33.2 Å². The second kappa shape index (κ2) is 47.4. The summed E-state index contributed by atoms with van der Waals surface area (Å²) in [5, 5.41) is 72.3. The lowest BCUT2D eigenvalue weighted by atomic mass is 9.98. The van der Waals surface area contributed by atoms with Crippen molar-refractivity contribution in [3.63, 3.8) is 0 Å². The molecule has 2 saturated heterocycles. The van der Waals surface area contributed by atoms with Crippen molar-refractivity contribution in [2.24, 2.45) is 0 Å². The molecular weight excluding hydrogens is 957 g/mol. The van der Waals surface area contributed by atoms with E-state index in [9.17, 15) is 40.5 Å². The Labute approximate surface area is 453 Å². The van der Waals surface area contributed by atoms with Crippen molar-refractivity contribution < 1.29 is 69.0 Å². The Morgan fingerprint density at radius 3 is 1.37 bits per heavy atom. The van der Waals surface area contributed by atoms with Crippen LogP contribution in [0.5, 0.6) is 0 Å². The summed E-state index contributed by atoms with van der Waals surface area (Å²) >= 11 is 0. The van der Waals surface area contributed by atoms with Crippen molar-refractivity contribution in [2.45, 2.75) is 274 Å². The van der Waals surface area contributed by atoms with Crippen LogP contribution in [0, 0.1) is 0 Å². The highest BCUT2D eigenvalue weighted by atomic mass is 16.7. The topological polar surface area (TPSA) is 214 Å². The monoisotopic (exact) mass is 1060 g/mol. The van der Waals surface area contributed by atoms with E-state index in [0.29, 0.717) is 13.0 Å². The number of hydrogen-bond donors (Lipinski definition) is 7. The molecule has 0 aromatic rings. The Kier molecular flexibility index (Phi) is 43.3. The van der Waals surface area contributed by atoms with Crippen LogP contribution < -0.4 is 0 Å². The lowest BCUT2D eigenvalue weighted by molar-refractivity contribution is -0.332. The third kappa shape index (κ3) is 34.1. The zero-order valence-corrected chi connectivity index (χ0v) is 46.5. The van der Waals surface area contributed by atoms with Crippen LogP contribution in [0.3, 0.4) is 0 Å². The summed E-state index contributed by atoms with van der Waals surface area (Å²) < 4.78 is 34.3. The second-order valence-corrected chi connectivity index (χ2v) is 20.4. The number of carbonyl (C=O) groups excluding carboxylic acids is 1. The minimum Gasteiger partial charge on any atom is -0.457 e. The summed E-state index contributed by atoms with van der Waals surface area (Å²) in [5.74, 6) is -0.393. The van der Waals surface area contributed by atoms with E-state index in [1.807, 2.05) is 0 Å². The molecule has 2 aliphatic heterocycles. The zero-order valence-electron chi connectivity index (χ0n) is 46.5. The highest BCUT2D eigenvalue weighted by Crippen LogP contribution is 2.26. The van der Waals surface area contributed by atoms with E-state index in [2.05, 4.69) is 86.8 Å². The van der Waals surface area contributed by atoms with Gasteiger partial charge in [0.25, 0.3) is 0 Å². The van der Waals surface area contributed by atoms with Gasteiger partial charge in [-0.05, 0) is 83.5 Å². The predicted molar refractivity (Wildman–Crippen MR) is 298 cm³/mol. The van der Waals surface area contributed by atoms with Crippen LogP contribution in [-0.4, -0.2) is 142 Å². The van der Waals surface area contributed by atoms with Crippen molar-refractivity contribution in [3.8, 4) is 0 Å². The summed E-state index contributed by atoms with van der Waals surface area (Å²) in [6.07, 6.45) is 44.0. The lowest BCUT2D eigenvalue weighted by Gasteiger charge is -2.42. The minimum atomic E-state index is -1.72. The highest BCUT2D eigenvalue weighted by Gasteiger charge is 2.47. The van der Waals surface area contributed by atoms with Gasteiger partial charge in [0.1, 0.15) is 54.9 Å². The first-order valence-corrected chi connectivity index (χ1v) is 29.5. The van der Waals surface area contributed by atoms with Crippen molar-refractivity contribution in [2.75, 3.05) is 33.0 Å². The van der Waals surface area contributed by atoms with Gasteiger partial charge in [0, 0.05) is 13.0 Å². The van der Waals surface area contributed by atoms with Crippen LogP contribution in [0.25, 0.3) is 0 Å². The van der Waals surface area contributed by atoms with Gasteiger partial charge < -0.3 is 64.2 Å². The number of allylic oxidation sites excluding steroid dienone is 12. The predicted octanol–water partition coefficient (Wildman–Crippen LogP) is 10.6. The van der Waals surface area contributed by atoms with E-state index in [4.69, 9.17) is 28.4 Å². The molecule has 0 radical (unpaired) electrons. The van der Waals surface area contributed by atoms with Gasteiger partial charge in [0.2, 0.25) is 0 Å². The molecule has 2 heterocycles. The number of aliphatic hydroxyl groups is 7. The average Bonchev–Trinajstić information content (AvgIpc) is 3.41. The number of hydrogen-bond acceptors (Lipinski definition) is 14. The molecule has 2 rings (SSSR count). The molecule has 0 aromatic carbocycles. The minimum absolute atomic E-state index is 0.0293. The van der Waals surface area contributed by atoms with Crippen molar-refractivity contribution in [1.82, 2.24) is 0 Å². The molecule has 14 nitrogen and oxygen atoms in total. The summed E-state index contributed by atoms with van der Waals surface area (Å²) in [5.41, 5.74) is 0. The Morgan fingerprint density at radius 1 is 0.453 bits per heavy atom. The maximum Gasteiger partial charge on any atom is 0.306 e. The third-order valence-corrected chi connectivity index (χ3v) is 13.7. The number of unbranched alkanes of at least 4 members (excludes halogenated alkanes) is 21. The molecule has 7 N–H and O–H groups in total. The van der Waals surface area contributed by atoms with E-state index in [1.54, 1.807) is 0 Å². The number of ether oxygens (including phenoxy) is 6. The highest BCUT2D eigenvalue weighted by molar-refractivity contribution is 5.69. The molecule has 0 spiro atoms. The maximum atomic E-state index is 13.1. The quantitative estimate of drug-likeness (QED) is 0.0172. The molecule has 0 amide bonds. The Bertz CT molecular complexity index is 1510. The number of aliphatic hydroxyl groups excluding tert-OH is 7. The molecule has 0 bridgehead atoms. The van der Waals surface area contributed by atoms with E-state index in [-0.39, 0.29) is 19.6 Å². The fraction of sp³-hybridized carbons (Fsp3) is 0.787.